The van der Waals surface area contributed by atoms with Crippen molar-refractivity contribution in [1.29, 1.82) is 0 Å². The van der Waals surface area contributed by atoms with E-state index < -0.39 is 0 Å². The van der Waals surface area contributed by atoms with Gasteiger partial charge in [-0.2, -0.15) is 0 Å². The van der Waals surface area contributed by atoms with Crippen LogP contribution in [0.4, 0.5) is 0 Å². The zero-order valence-electron chi connectivity index (χ0n) is 10.5. The molecule has 0 atom stereocenters. The maximum absolute atomic E-state index is 5.40. The molecule has 88 valence electrons. The van der Waals surface area contributed by atoms with Gasteiger partial charge in [0.25, 0.3) is 0 Å². The van der Waals surface area contributed by atoms with Crippen LogP contribution in [0.2, 0.25) is 0 Å². The van der Waals surface area contributed by atoms with E-state index in [0.717, 1.165) is 26.2 Å². The fraction of sp³-hybridized carbons (Fsp3) is 0.846. The van der Waals surface area contributed by atoms with Crippen molar-refractivity contribution in [3.63, 3.8) is 0 Å². The van der Waals surface area contributed by atoms with Crippen LogP contribution in [0.25, 0.3) is 0 Å². The normalized spacial score (nSPS) is 10.5. The van der Waals surface area contributed by atoms with Crippen molar-refractivity contribution < 1.29 is 9.47 Å². The molecule has 0 aliphatic heterocycles. The van der Waals surface area contributed by atoms with Gasteiger partial charge in [-0.15, -0.1) is 0 Å². The number of hydrogen-bond acceptors (Lipinski definition) is 2. The van der Waals surface area contributed by atoms with E-state index >= 15 is 0 Å². The monoisotopic (exact) mass is 212 g/mol. The summed E-state index contributed by atoms with van der Waals surface area (Å²) in [5, 5.41) is 0. The zero-order valence-corrected chi connectivity index (χ0v) is 10.5. The van der Waals surface area contributed by atoms with E-state index in [1.807, 2.05) is 0 Å². The standard InChI is InChI=1S/C13H24O2/c1-12(2)10-14-8-6-5-7-9-15-11-13(3)4/h12-13H,6,8-11H2,1-4H3. The molecular weight excluding hydrogens is 188 g/mol. The molecule has 0 fully saturated rings. The first-order valence-corrected chi connectivity index (χ1v) is 5.74. The Balaban J connectivity index is 3.17. The van der Waals surface area contributed by atoms with Crippen LogP contribution in [0, 0.1) is 23.7 Å². The average molecular weight is 212 g/mol. The first-order chi connectivity index (χ1) is 7.13. The smallest absolute Gasteiger partial charge is 0.107 e. The van der Waals surface area contributed by atoms with Gasteiger partial charge in [0.05, 0.1) is 13.2 Å². The van der Waals surface area contributed by atoms with E-state index in [1.165, 1.54) is 0 Å². The summed E-state index contributed by atoms with van der Waals surface area (Å²) in [4.78, 5) is 0. The number of hydrogen-bond donors (Lipinski definition) is 0. The summed E-state index contributed by atoms with van der Waals surface area (Å²) in [6.45, 7) is 11.4. The van der Waals surface area contributed by atoms with E-state index in [-0.39, 0.29) is 0 Å². The maximum Gasteiger partial charge on any atom is 0.107 e. The molecule has 0 aromatic heterocycles. The summed E-state index contributed by atoms with van der Waals surface area (Å²) in [5.74, 6) is 7.20. The largest absolute Gasteiger partial charge is 0.380 e. The molecule has 0 radical (unpaired) electrons. The molecule has 0 heterocycles. The Morgan fingerprint density at radius 3 is 2.07 bits per heavy atom. The fourth-order valence-corrected chi connectivity index (χ4v) is 0.927. The Labute approximate surface area is 94.3 Å². The van der Waals surface area contributed by atoms with E-state index in [0.29, 0.717) is 18.4 Å². The van der Waals surface area contributed by atoms with Gasteiger partial charge >= 0.3 is 0 Å². The minimum atomic E-state index is 0.544. The molecule has 0 aliphatic carbocycles. The van der Waals surface area contributed by atoms with Crippen molar-refractivity contribution in [2.75, 3.05) is 26.4 Å². The topological polar surface area (TPSA) is 18.5 Å². The molecule has 2 heteroatoms. The highest BCUT2D eigenvalue weighted by molar-refractivity contribution is 4.98. The average Bonchev–Trinajstić information content (AvgIpc) is 2.14. The van der Waals surface area contributed by atoms with Gasteiger partial charge in [-0.05, 0) is 11.8 Å². The highest BCUT2D eigenvalue weighted by Crippen LogP contribution is 1.93. The first-order valence-electron chi connectivity index (χ1n) is 5.74. The predicted molar refractivity (Wildman–Crippen MR) is 63.7 cm³/mol. The highest BCUT2D eigenvalue weighted by Gasteiger charge is 1.92. The lowest BCUT2D eigenvalue weighted by Crippen LogP contribution is -2.03. The molecule has 0 rings (SSSR count). The fourth-order valence-electron chi connectivity index (χ4n) is 0.927. The molecule has 0 aliphatic rings. The van der Waals surface area contributed by atoms with Crippen LogP contribution in [-0.4, -0.2) is 26.4 Å². The van der Waals surface area contributed by atoms with Crippen molar-refractivity contribution in [3.05, 3.63) is 0 Å². The second-order valence-electron chi connectivity index (χ2n) is 4.48. The van der Waals surface area contributed by atoms with Gasteiger partial charge < -0.3 is 9.47 Å². The van der Waals surface area contributed by atoms with Gasteiger partial charge in [0.1, 0.15) is 6.61 Å². The lowest BCUT2D eigenvalue weighted by molar-refractivity contribution is 0.115. The Bertz CT molecular complexity index is 186. The van der Waals surface area contributed by atoms with Gasteiger partial charge in [0.15, 0.2) is 0 Å². The van der Waals surface area contributed by atoms with E-state index in [2.05, 4.69) is 39.5 Å². The van der Waals surface area contributed by atoms with Crippen molar-refractivity contribution in [3.8, 4) is 11.8 Å². The lowest BCUT2D eigenvalue weighted by Gasteiger charge is -2.03. The van der Waals surface area contributed by atoms with Gasteiger partial charge in [-0.1, -0.05) is 39.5 Å². The van der Waals surface area contributed by atoms with Crippen molar-refractivity contribution in [1.82, 2.24) is 0 Å². The van der Waals surface area contributed by atoms with Crippen LogP contribution >= 0.6 is 0 Å². The summed E-state index contributed by atoms with van der Waals surface area (Å²) in [6, 6.07) is 0. The molecule has 0 saturated carbocycles. The summed E-state index contributed by atoms with van der Waals surface area (Å²) in [6.07, 6.45) is 0.803. The maximum atomic E-state index is 5.40. The molecule has 15 heavy (non-hydrogen) atoms. The van der Waals surface area contributed by atoms with Crippen molar-refractivity contribution >= 4 is 0 Å². The quantitative estimate of drug-likeness (QED) is 0.477. The van der Waals surface area contributed by atoms with Crippen molar-refractivity contribution in [2.24, 2.45) is 11.8 Å². The summed E-state index contributed by atoms with van der Waals surface area (Å²) < 4.78 is 10.7. The molecule has 0 N–H and O–H groups in total. The van der Waals surface area contributed by atoms with Gasteiger partial charge in [0, 0.05) is 13.0 Å². The third-order valence-corrected chi connectivity index (χ3v) is 1.57. The van der Waals surface area contributed by atoms with Crippen LogP contribution < -0.4 is 0 Å². The van der Waals surface area contributed by atoms with Crippen molar-refractivity contribution in [2.45, 2.75) is 34.1 Å². The molecule has 0 aromatic carbocycles. The Kier molecular flexibility index (Phi) is 9.67. The lowest BCUT2D eigenvalue weighted by atomic mass is 10.2. The molecule has 0 spiro atoms. The highest BCUT2D eigenvalue weighted by atomic mass is 16.5. The van der Waals surface area contributed by atoms with Gasteiger partial charge in [-0.3, -0.25) is 0 Å². The van der Waals surface area contributed by atoms with E-state index in [4.69, 9.17) is 9.47 Å². The van der Waals surface area contributed by atoms with Crippen LogP contribution in [0.1, 0.15) is 34.1 Å². The summed E-state index contributed by atoms with van der Waals surface area (Å²) >= 11 is 0. The molecular formula is C13H24O2. The Morgan fingerprint density at radius 1 is 0.867 bits per heavy atom. The van der Waals surface area contributed by atoms with Crippen LogP contribution in [0.15, 0.2) is 0 Å². The molecule has 2 nitrogen and oxygen atoms in total. The number of ether oxygens (including phenoxy) is 2. The summed E-state index contributed by atoms with van der Waals surface area (Å²) in [7, 11) is 0. The molecule has 0 unspecified atom stereocenters. The van der Waals surface area contributed by atoms with Gasteiger partial charge in [0.2, 0.25) is 0 Å². The second-order valence-corrected chi connectivity index (χ2v) is 4.48. The molecule has 0 amide bonds. The number of rotatable bonds is 7. The first kappa shape index (κ1) is 14.5. The van der Waals surface area contributed by atoms with E-state index in [9.17, 15) is 0 Å². The van der Waals surface area contributed by atoms with Crippen LogP contribution in [0.3, 0.4) is 0 Å². The third-order valence-electron chi connectivity index (χ3n) is 1.57. The third kappa shape index (κ3) is 13.5. The molecule has 0 saturated heterocycles. The van der Waals surface area contributed by atoms with Gasteiger partial charge in [-0.25, -0.2) is 0 Å². The molecule has 0 aromatic rings. The minimum Gasteiger partial charge on any atom is -0.380 e. The Morgan fingerprint density at radius 2 is 1.47 bits per heavy atom. The minimum absolute atomic E-state index is 0.544. The van der Waals surface area contributed by atoms with Crippen LogP contribution in [-0.2, 0) is 9.47 Å². The zero-order chi connectivity index (χ0) is 11.5. The second kappa shape index (κ2) is 10.0. The van der Waals surface area contributed by atoms with E-state index in [1.54, 1.807) is 0 Å². The SMILES string of the molecule is CC(C)COCC#CCCOCC(C)C. The summed E-state index contributed by atoms with van der Waals surface area (Å²) in [5.41, 5.74) is 0. The molecule has 0 bridgehead atoms. The Hall–Kier alpha value is -0.520. The predicted octanol–water partition coefficient (Wildman–Crippen LogP) is 2.73. The van der Waals surface area contributed by atoms with Crippen LogP contribution in [0.5, 0.6) is 0 Å².